The Balaban J connectivity index is 2.02. The van der Waals surface area contributed by atoms with E-state index in [9.17, 15) is 18.0 Å². The molecular weight excluding hydrogens is 342 g/mol. The van der Waals surface area contributed by atoms with Crippen LogP contribution in [0.2, 0.25) is 0 Å². The van der Waals surface area contributed by atoms with Gasteiger partial charge in [0, 0.05) is 24.4 Å². The highest BCUT2D eigenvalue weighted by atomic mass is 32.2. The summed E-state index contributed by atoms with van der Waals surface area (Å²) in [7, 11) is -3.89. The molecule has 0 fully saturated rings. The third-order valence-corrected chi connectivity index (χ3v) is 4.52. The van der Waals surface area contributed by atoms with Crippen LogP contribution in [0.25, 0.3) is 6.08 Å². The summed E-state index contributed by atoms with van der Waals surface area (Å²) in [6.45, 7) is 1.11. The Morgan fingerprint density at radius 3 is 2.16 bits per heavy atom. The first-order chi connectivity index (χ1) is 11.8. The number of nitrogen functional groups attached to an aromatic ring is 1. The van der Waals surface area contributed by atoms with Crippen LogP contribution in [0, 0.1) is 0 Å². The third-order valence-electron chi connectivity index (χ3n) is 3.07. The van der Waals surface area contributed by atoms with E-state index in [1.807, 2.05) is 4.72 Å². The largest absolute Gasteiger partial charge is 0.399 e. The zero-order valence-corrected chi connectivity index (χ0v) is 14.2. The highest BCUT2D eigenvalue weighted by molar-refractivity contribution is 7.90. The number of carbonyl (C=O) groups excluding carboxylic acids is 2. The first kappa shape index (κ1) is 18.2. The van der Waals surface area contributed by atoms with Gasteiger partial charge in [0.1, 0.15) is 0 Å². The molecule has 0 radical (unpaired) electrons. The lowest BCUT2D eigenvalue weighted by Crippen LogP contribution is -2.28. The van der Waals surface area contributed by atoms with Gasteiger partial charge in [0.05, 0.1) is 4.90 Å². The summed E-state index contributed by atoms with van der Waals surface area (Å²) in [6, 6.07) is 12.5. The van der Waals surface area contributed by atoms with E-state index in [4.69, 9.17) is 5.73 Å². The molecule has 0 unspecified atom stereocenters. The van der Waals surface area contributed by atoms with Crippen molar-refractivity contribution in [3.05, 3.63) is 60.2 Å². The summed E-state index contributed by atoms with van der Waals surface area (Å²) in [5.74, 6) is -1.04. The van der Waals surface area contributed by atoms with Crippen LogP contribution in [-0.2, 0) is 19.6 Å². The topological polar surface area (TPSA) is 118 Å². The molecule has 0 aliphatic heterocycles. The first-order valence-electron chi connectivity index (χ1n) is 7.24. The number of nitrogens with one attached hydrogen (secondary N) is 2. The molecule has 130 valence electrons. The number of benzene rings is 2. The zero-order valence-electron chi connectivity index (χ0n) is 13.4. The number of hydrogen-bond donors (Lipinski definition) is 3. The average molecular weight is 359 g/mol. The Bertz CT molecular complexity index is 902. The maximum Gasteiger partial charge on any atom is 0.264 e. The number of carbonyl (C=O) groups is 2. The van der Waals surface area contributed by atoms with Crippen molar-refractivity contribution >= 4 is 39.3 Å². The third kappa shape index (κ3) is 5.47. The number of anilines is 2. The average Bonchev–Trinajstić information content (AvgIpc) is 2.54. The molecule has 0 saturated carbocycles. The molecule has 0 heterocycles. The van der Waals surface area contributed by atoms with Crippen LogP contribution < -0.4 is 15.8 Å². The fourth-order valence-corrected chi connectivity index (χ4v) is 2.92. The standard InChI is InChI=1S/C17H17N3O4S/c1-12(21)20-25(23,24)16-9-7-15(8-10-16)19-17(22)11-4-13-2-5-14(18)6-3-13/h2-11H,18H2,1H3,(H,19,22)(H,20,21)/b11-4+. The molecule has 0 aliphatic rings. The molecule has 0 atom stereocenters. The van der Waals surface area contributed by atoms with Crippen molar-refractivity contribution in [1.82, 2.24) is 4.72 Å². The molecule has 7 nitrogen and oxygen atoms in total. The highest BCUT2D eigenvalue weighted by Gasteiger charge is 2.15. The summed E-state index contributed by atoms with van der Waals surface area (Å²) in [4.78, 5) is 22.7. The second kappa shape index (κ2) is 7.63. The van der Waals surface area contributed by atoms with Crippen molar-refractivity contribution in [2.24, 2.45) is 0 Å². The molecule has 2 amide bonds. The summed E-state index contributed by atoms with van der Waals surface area (Å²) in [5.41, 5.74) is 7.47. The molecule has 2 aromatic rings. The van der Waals surface area contributed by atoms with Gasteiger partial charge in [-0.15, -0.1) is 0 Å². The SMILES string of the molecule is CC(=O)NS(=O)(=O)c1ccc(NC(=O)/C=C/c2ccc(N)cc2)cc1. The lowest BCUT2D eigenvalue weighted by Gasteiger charge is -2.06. The number of nitrogens with two attached hydrogens (primary N) is 1. The molecule has 0 saturated heterocycles. The van der Waals surface area contributed by atoms with Crippen LogP contribution >= 0.6 is 0 Å². The van der Waals surface area contributed by atoms with Gasteiger partial charge in [-0.05, 0) is 48.0 Å². The molecule has 0 aliphatic carbocycles. The van der Waals surface area contributed by atoms with Crippen molar-refractivity contribution in [3.63, 3.8) is 0 Å². The minimum absolute atomic E-state index is 0.0712. The van der Waals surface area contributed by atoms with Gasteiger partial charge in [0.15, 0.2) is 0 Å². The summed E-state index contributed by atoms with van der Waals surface area (Å²) < 4.78 is 25.5. The van der Waals surface area contributed by atoms with Crippen molar-refractivity contribution in [1.29, 1.82) is 0 Å². The lowest BCUT2D eigenvalue weighted by atomic mass is 10.2. The Morgan fingerprint density at radius 1 is 1.00 bits per heavy atom. The van der Waals surface area contributed by atoms with E-state index in [1.54, 1.807) is 30.3 Å². The van der Waals surface area contributed by atoms with Gasteiger partial charge in [-0.2, -0.15) is 0 Å². The van der Waals surface area contributed by atoms with Crippen molar-refractivity contribution in [3.8, 4) is 0 Å². The van der Waals surface area contributed by atoms with Crippen molar-refractivity contribution in [2.75, 3.05) is 11.1 Å². The highest BCUT2D eigenvalue weighted by Crippen LogP contribution is 2.14. The quantitative estimate of drug-likeness (QED) is 0.555. The number of amides is 2. The van der Waals surface area contributed by atoms with Gasteiger partial charge in [-0.25, -0.2) is 13.1 Å². The van der Waals surface area contributed by atoms with Crippen molar-refractivity contribution < 1.29 is 18.0 Å². The van der Waals surface area contributed by atoms with E-state index in [1.165, 1.54) is 30.3 Å². The van der Waals surface area contributed by atoms with Gasteiger partial charge < -0.3 is 11.1 Å². The molecule has 25 heavy (non-hydrogen) atoms. The first-order valence-corrected chi connectivity index (χ1v) is 8.73. The van der Waals surface area contributed by atoms with Crippen LogP contribution in [0.4, 0.5) is 11.4 Å². The summed E-state index contributed by atoms with van der Waals surface area (Å²) in [6.07, 6.45) is 2.98. The predicted molar refractivity (Wildman–Crippen MR) is 96.0 cm³/mol. The van der Waals surface area contributed by atoms with E-state index < -0.39 is 15.9 Å². The van der Waals surface area contributed by atoms with Gasteiger partial charge in [0.2, 0.25) is 11.8 Å². The minimum Gasteiger partial charge on any atom is -0.399 e. The smallest absolute Gasteiger partial charge is 0.264 e. The van der Waals surface area contributed by atoms with Crippen LogP contribution in [0.1, 0.15) is 12.5 Å². The fourth-order valence-electron chi connectivity index (χ4n) is 1.93. The Kier molecular flexibility index (Phi) is 5.56. The second-order valence-electron chi connectivity index (χ2n) is 5.18. The van der Waals surface area contributed by atoms with Crippen LogP contribution in [0.5, 0.6) is 0 Å². The van der Waals surface area contributed by atoms with Gasteiger partial charge >= 0.3 is 0 Å². The molecule has 0 spiro atoms. The molecule has 2 aromatic carbocycles. The number of hydrogen-bond acceptors (Lipinski definition) is 5. The maximum atomic E-state index is 11.9. The second-order valence-corrected chi connectivity index (χ2v) is 6.86. The van der Waals surface area contributed by atoms with Crippen LogP contribution in [0.15, 0.2) is 59.5 Å². The summed E-state index contributed by atoms with van der Waals surface area (Å²) in [5, 5.41) is 2.61. The molecule has 4 N–H and O–H groups in total. The van der Waals surface area contributed by atoms with E-state index in [-0.39, 0.29) is 10.8 Å². The lowest BCUT2D eigenvalue weighted by molar-refractivity contribution is -0.117. The van der Waals surface area contributed by atoms with E-state index in [2.05, 4.69) is 5.32 Å². The normalized spacial score (nSPS) is 11.2. The zero-order chi connectivity index (χ0) is 18.4. The van der Waals surface area contributed by atoms with Gasteiger partial charge in [0.25, 0.3) is 10.0 Å². The fraction of sp³-hybridized carbons (Fsp3) is 0.0588. The Labute approximate surface area is 145 Å². The van der Waals surface area contributed by atoms with Gasteiger partial charge in [-0.3, -0.25) is 9.59 Å². The Morgan fingerprint density at radius 2 is 1.60 bits per heavy atom. The number of sulfonamides is 1. The Hall–Kier alpha value is -3.13. The predicted octanol–water partition coefficient (Wildman–Crippen LogP) is 1.75. The minimum atomic E-state index is -3.89. The molecule has 8 heteroatoms. The molecule has 0 bridgehead atoms. The number of rotatable bonds is 5. The van der Waals surface area contributed by atoms with E-state index >= 15 is 0 Å². The van der Waals surface area contributed by atoms with Crippen molar-refractivity contribution in [2.45, 2.75) is 11.8 Å². The molecule has 2 rings (SSSR count). The van der Waals surface area contributed by atoms with Gasteiger partial charge in [-0.1, -0.05) is 12.1 Å². The molecule has 0 aromatic heterocycles. The maximum absolute atomic E-state index is 11.9. The molecular formula is C17H17N3O4S. The van der Waals surface area contributed by atoms with E-state index in [0.29, 0.717) is 11.4 Å². The van der Waals surface area contributed by atoms with E-state index in [0.717, 1.165) is 12.5 Å². The summed E-state index contributed by atoms with van der Waals surface area (Å²) >= 11 is 0. The van der Waals surface area contributed by atoms with Crippen LogP contribution in [-0.4, -0.2) is 20.2 Å². The monoisotopic (exact) mass is 359 g/mol. The van der Waals surface area contributed by atoms with Crippen LogP contribution in [0.3, 0.4) is 0 Å².